The zero-order valence-corrected chi connectivity index (χ0v) is 11.9. The van der Waals surface area contributed by atoms with Crippen molar-refractivity contribution in [2.45, 2.75) is 42.6 Å². The maximum absolute atomic E-state index is 9.93. The molecule has 1 aromatic rings. The molecule has 1 aliphatic rings. The molecule has 3 atom stereocenters. The molecule has 2 rings (SSSR count). The molecule has 1 fully saturated rings. The summed E-state index contributed by atoms with van der Waals surface area (Å²) < 4.78 is 10.9. The van der Waals surface area contributed by atoms with Crippen LogP contribution in [0.1, 0.15) is 31.9 Å². The van der Waals surface area contributed by atoms with Gasteiger partial charge in [-0.3, -0.25) is 0 Å². The maximum Gasteiger partial charge on any atom is 0.125 e. The number of aliphatic hydroxyl groups is 1. The van der Waals surface area contributed by atoms with Gasteiger partial charge in [-0.15, -0.1) is 11.8 Å². The van der Waals surface area contributed by atoms with Gasteiger partial charge in [0.05, 0.1) is 19.3 Å². The zero-order chi connectivity index (χ0) is 13.1. The Bertz CT molecular complexity index is 406. The number of aliphatic hydroxyl groups excluding tert-OH is 1. The van der Waals surface area contributed by atoms with Gasteiger partial charge in [0.2, 0.25) is 0 Å². The van der Waals surface area contributed by atoms with Crippen molar-refractivity contribution in [1.82, 2.24) is 0 Å². The molecule has 0 spiro atoms. The molecule has 0 aromatic heterocycles. The van der Waals surface area contributed by atoms with Gasteiger partial charge in [-0.25, -0.2) is 0 Å². The van der Waals surface area contributed by atoms with E-state index in [0.717, 1.165) is 29.2 Å². The lowest BCUT2D eigenvalue weighted by Gasteiger charge is -2.19. The highest BCUT2D eigenvalue weighted by molar-refractivity contribution is 8.00. The Morgan fingerprint density at radius 1 is 1.50 bits per heavy atom. The molecule has 1 N–H and O–H groups in total. The third-order valence-corrected chi connectivity index (χ3v) is 4.78. The van der Waals surface area contributed by atoms with E-state index < -0.39 is 6.10 Å². The quantitative estimate of drug-likeness (QED) is 0.911. The summed E-state index contributed by atoms with van der Waals surface area (Å²) in [6.07, 6.45) is 0.798. The van der Waals surface area contributed by atoms with E-state index >= 15 is 0 Å². The van der Waals surface area contributed by atoms with E-state index in [2.05, 4.69) is 6.92 Å². The summed E-state index contributed by atoms with van der Waals surface area (Å²) in [4.78, 5) is 1.09. The molecule has 0 aliphatic carbocycles. The van der Waals surface area contributed by atoms with E-state index in [4.69, 9.17) is 9.47 Å². The first kappa shape index (κ1) is 13.7. The third kappa shape index (κ3) is 2.82. The number of ether oxygens (including phenoxy) is 2. The molecule has 100 valence electrons. The monoisotopic (exact) mass is 268 g/mol. The zero-order valence-electron chi connectivity index (χ0n) is 11.1. The number of hydrogen-bond donors (Lipinski definition) is 1. The summed E-state index contributed by atoms with van der Waals surface area (Å²) in [5.74, 6) is 0.751. The van der Waals surface area contributed by atoms with Crippen molar-refractivity contribution in [3.63, 3.8) is 0 Å². The lowest BCUT2D eigenvalue weighted by molar-refractivity contribution is 0.127. The summed E-state index contributed by atoms with van der Waals surface area (Å²) in [6.45, 7) is 4.70. The molecule has 1 aromatic carbocycles. The van der Waals surface area contributed by atoms with Gasteiger partial charge in [0.15, 0.2) is 0 Å². The second kappa shape index (κ2) is 5.95. The molecular weight excluding hydrogens is 248 g/mol. The van der Waals surface area contributed by atoms with E-state index in [9.17, 15) is 5.11 Å². The van der Waals surface area contributed by atoms with Crippen LogP contribution in [0.15, 0.2) is 23.1 Å². The molecule has 2 unspecified atom stereocenters. The molecule has 1 aliphatic heterocycles. The van der Waals surface area contributed by atoms with Crippen LogP contribution in [0.25, 0.3) is 0 Å². The molecule has 0 amide bonds. The Hall–Kier alpha value is -0.710. The summed E-state index contributed by atoms with van der Waals surface area (Å²) in [5, 5.41) is 10.4. The molecule has 0 saturated carbocycles. The van der Waals surface area contributed by atoms with Crippen molar-refractivity contribution in [3.8, 4) is 5.75 Å². The van der Waals surface area contributed by atoms with Crippen molar-refractivity contribution in [2.75, 3.05) is 13.7 Å². The van der Waals surface area contributed by atoms with Gasteiger partial charge >= 0.3 is 0 Å². The molecule has 0 radical (unpaired) electrons. The van der Waals surface area contributed by atoms with Gasteiger partial charge in [0.1, 0.15) is 5.75 Å². The van der Waals surface area contributed by atoms with Crippen LogP contribution < -0.4 is 4.74 Å². The average Bonchev–Trinajstić information content (AvgIpc) is 2.74. The highest BCUT2D eigenvalue weighted by Crippen LogP contribution is 2.39. The summed E-state index contributed by atoms with van der Waals surface area (Å²) in [6, 6.07) is 5.90. The first-order valence-corrected chi connectivity index (χ1v) is 7.14. The summed E-state index contributed by atoms with van der Waals surface area (Å²) >= 11 is 1.78. The standard InChI is InChI=1S/C14H20O3S/c1-9(15)14-11(16-3)5-4-6-13(14)18-12-7-8-17-10(12)2/h4-6,9-10,12,15H,7-8H2,1-3H3/t9-,10?,12?/m1/s1. The van der Waals surface area contributed by atoms with Crippen LogP contribution in [0.3, 0.4) is 0 Å². The van der Waals surface area contributed by atoms with Gasteiger partial charge in [-0.1, -0.05) is 6.07 Å². The van der Waals surface area contributed by atoms with E-state index in [1.54, 1.807) is 25.8 Å². The molecule has 18 heavy (non-hydrogen) atoms. The molecule has 4 heteroatoms. The number of hydrogen-bond acceptors (Lipinski definition) is 4. The highest BCUT2D eigenvalue weighted by Gasteiger charge is 2.27. The predicted molar refractivity (Wildman–Crippen MR) is 73.3 cm³/mol. The molecule has 3 nitrogen and oxygen atoms in total. The van der Waals surface area contributed by atoms with Crippen molar-refractivity contribution < 1.29 is 14.6 Å². The topological polar surface area (TPSA) is 38.7 Å². The van der Waals surface area contributed by atoms with Crippen molar-refractivity contribution in [1.29, 1.82) is 0 Å². The molecular formula is C14H20O3S. The fourth-order valence-electron chi connectivity index (χ4n) is 2.25. The number of rotatable bonds is 4. The van der Waals surface area contributed by atoms with Crippen LogP contribution >= 0.6 is 11.8 Å². The second-order valence-corrected chi connectivity index (χ2v) is 5.85. The average molecular weight is 268 g/mol. The SMILES string of the molecule is COc1cccc(SC2CCOC2C)c1[C@@H](C)O. The largest absolute Gasteiger partial charge is 0.496 e. The van der Waals surface area contributed by atoms with Crippen LogP contribution in [-0.4, -0.2) is 30.2 Å². The summed E-state index contributed by atoms with van der Waals surface area (Å²) in [5.41, 5.74) is 0.879. The van der Waals surface area contributed by atoms with Gasteiger partial charge in [-0.2, -0.15) is 0 Å². The van der Waals surface area contributed by atoms with Gasteiger partial charge in [0, 0.05) is 22.3 Å². The lowest BCUT2D eigenvalue weighted by atomic mass is 10.1. The molecule has 1 saturated heterocycles. The minimum absolute atomic E-state index is 0.267. The van der Waals surface area contributed by atoms with E-state index in [0.29, 0.717) is 5.25 Å². The molecule has 0 bridgehead atoms. The fourth-order valence-corrected chi connectivity index (χ4v) is 3.61. The van der Waals surface area contributed by atoms with E-state index in [-0.39, 0.29) is 6.10 Å². The lowest BCUT2D eigenvalue weighted by Crippen LogP contribution is -2.13. The second-order valence-electron chi connectivity index (χ2n) is 4.57. The Balaban J connectivity index is 2.26. The van der Waals surface area contributed by atoms with Gasteiger partial charge in [-0.05, 0) is 32.4 Å². The van der Waals surface area contributed by atoms with Gasteiger partial charge < -0.3 is 14.6 Å². The maximum atomic E-state index is 9.93. The Morgan fingerprint density at radius 2 is 2.28 bits per heavy atom. The van der Waals surface area contributed by atoms with Crippen LogP contribution in [-0.2, 0) is 4.74 Å². The normalized spacial score (nSPS) is 25.1. The first-order valence-electron chi connectivity index (χ1n) is 6.26. The predicted octanol–water partition coefficient (Wildman–Crippen LogP) is 3.02. The number of benzene rings is 1. The van der Waals surface area contributed by atoms with Gasteiger partial charge in [0.25, 0.3) is 0 Å². The first-order chi connectivity index (χ1) is 8.63. The van der Waals surface area contributed by atoms with Crippen LogP contribution in [0.4, 0.5) is 0 Å². The Labute approximate surface area is 112 Å². The smallest absolute Gasteiger partial charge is 0.125 e. The van der Waals surface area contributed by atoms with E-state index in [1.165, 1.54) is 0 Å². The van der Waals surface area contributed by atoms with Crippen LogP contribution in [0, 0.1) is 0 Å². The summed E-state index contributed by atoms with van der Waals surface area (Å²) in [7, 11) is 1.64. The minimum atomic E-state index is -0.527. The fraction of sp³-hybridized carbons (Fsp3) is 0.571. The molecule has 1 heterocycles. The van der Waals surface area contributed by atoms with Crippen LogP contribution in [0.5, 0.6) is 5.75 Å². The van der Waals surface area contributed by atoms with Crippen molar-refractivity contribution >= 4 is 11.8 Å². The Kier molecular flexibility index (Phi) is 4.54. The Morgan fingerprint density at radius 3 is 2.83 bits per heavy atom. The third-order valence-electron chi connectivity index (χ3n) is 3.25. The number of thioether (sulfide) groups is 1. The van der Waals surface area contributed by atoms with Crippen molar-refractivity contribution in [2.24, 2.45) is 0 Å². The van der Waals surface area contributed by atoms with E-state index in [1.807, 2.05) is 18.2 Å². The van der Waals surface area contributed by atoms with Crippen molar-refractivity contribution in [3.05, 3.63) is 23.8 Å². The minimum Gasteiger partial charge on any atom is -0.496 e. The number of methoxy groups -OCH3 is 1. The van der Waals surface area contributed by atoms with Crippen LogP contribution in [0.2, 0.25) is 0 Å². The highest BCUT2D eigenvalue weighted by atomic mass is 32.2.